The van der Waals surface area contributed by atoms with Crippen molar-refractivity contribution in [2.24, 2.45) is 5.92 Å². The van der Waals surface area contributed by atoms with Crippen molar-refractivity contribution in [3.63, 3.8) is 0 Å². The number of carbonyl (C=O) groups excluding carboxylic acids is 1. The van der Waals surface area contributed by atoms with E-state index in [9.17, 15) is 4.79 Å². The molecular weight excluding hydrogens is 342 g/mol. The van der Waals surface area contributed by atoms with Crippen LogP contribution in [0, 0.1) is 12.8 Å². The number of likely N-dealkylation sites (tertiary alicyclic amines) is 1. The third-order valence-electron chi connectivity index (χ3n) is 4.05. The average molecular weight is 370 g/mol. The van der Waals surface area contributed by atoms with Crippen LogP contribution < -0.4 is 4.74 Å². The van der Waals surface area contributed by atoms with E-state index in [1.807, 2.05) is 32.6 Å². The molecule has 0 N–H and O–H groups in total. The summed E-state index contributed by atoms with van der Waals surface area (Å²) in [6, 6.07) is 0.314. The molecule has 0 spiro atoms. The number of rotatable bonds is 5. The number of hydrogen-bond acceptors (Lipinski definition) is 5. The van der Waals surface area contributed by atoms with Gasteiger partial charge in [-0.25, -0.2) is 9.78 Å². The standard InChI is InChI=1S/C18H28ClN3O3/c1-13-11-20-16(21-15(13)19)24-10-6-8-14-7-5-9-22(12-14)17(23)25-18(2,3)4/h11,14H,5-10,12H2,1-4H3/t14-/m1/s1. The lowest BCUT2D eigenvalue weighted by molar-refractivity contribution is 0.0159. The summed E-state index contributed by atoms with van der Waals surface area (Å²) in [6.45, 7) is 9.60. The van der Waals surface area contributed by atoms with Crippen LogP contribution >= 0.6 is 11.6 Å². The van der Waals surface area contributed by atoms with Crippen molar-refractivity contribution in [1.82, 2.24) is 14.9 Å². The fourth-order valence-electron chi connectivity index (χ4n) is 2.80. The molecule has 1 fully saturated rings. The first-order chi connectivity index (χ1) is 11.7. The summed E-state index contributed by atoms with van der Waals surface area (Å²) in [6.07, 6.45) is 5.48. The first-order valence-corrected chi connectivity index (χ1v) is 9.22. The van der Waals surface area contributed by atoms with Gasteiger partial charge in [-0.15, -0.1) is 0 Å². The van der Waals surface area contributed by atoms with Crippen LogP contribution in [0.2, 0.25) is 5.15 Å². The minimum absolute atomic E-state index is 0.212. The molecule has 0 saturated carbocycles. The van der Waals surface area contributed by atoms with Crippen LogP contribution in [0.15, 0.2) is 6.20 Å². The van der Waals surface area contributed by atoms with Crippen LogP contribution in [0.3, 0.4) is 0 Å². The van der Waals surface area contributed by atoms with E-state index < -0.39 is 5.60 Å². The Morgan fingerprint density at radius 2 is 2.20 bits per heavy atom. The van der Waals surface area contributed by atoms with Crippen molar-refractivity contribution in [2.45, 2.75) is 59.0 Å². The number of ether oxygens (including phenoxy) is 2. The summed E-state index contributed by atoms with van der Waals surface area (Å²) in [4.78, 5) is 22.2. The van der Waals surface area contributed by atoms with E-state index in [1.165, 1.54) is 0 Å². The number of amides is 1. The quantitative estimate of drug-likeness (QED) is 0.573. The van der Waals surface area contributed by atoms with Crippen molar-refractivity contribution in [1.29, 1.82) is 0 Å². The van der Waals surface area contributed by atoms with Gasteiger partial charge >= 0.3 is 12.1 Å². The molecule has 1 atom stereocenters. The second kappa shape index (κ2) is 8.70. The first-order valence-electron chi connectivity index (χ1n) is 8.84. The Bertz CT molecular complexity index is 589. The molecule has 6 nitrogen and oxygen atoms in total. The van der Waals surface area contributed by atoms with Crippen molar-refractivity contribution in [2.75, 3.05) is 19.7 Å². The molecule has 0 aliphatic carbocycles. The first kappa shape index (κ1) is 19.8. The van der Waals surface area contributed by atoms with E-state index in [-0.39, 0.29) is 6.09 Å². The van der Waals surface area contributed by atoms with Crippen LogP contribution in [-0.4, -0.2) is 46.3 Å². The Morgan fingerprint density at radius 3 is 2.88 bits per heavy atom. The smallest absolute Gasteiger partial charge is 0.410 e. The van der Waals surface area contributed by atoms with Crippen molar-refractivity contribution in [3.8, 4) is 6.01 Å². The van der Waals surface area contributed by atoms with Crippen molar-refractivity contribution >= 4 is 17.7 Å². The van der Waals surface area contributed by atoms with Crippen molar-refractivity contribution < 1.29 is 14.3 Å². The van der Waals surface area contributed by atoms with Gasteiger partial charge in [0.25, 0.3) is 0 Å². The monoisotopic (exact) mass is 369 g/mol. The second-order valence-electron chi connectivity index (χ2n) is 7.55. The predicted octanol–water partition coefficient (Wildman–Crippen LogP) is 4.24. The van der Waals surface area contributed by atoms with E-state index in [2.05, 4.69) is 9.97 Å². The average Bonchev–Trinajstić information content (AvgIpc) is 2.53. The van der Waals surface area contributed by atoms with Gasteiger partial charge in [-0.05, 0) is 59.3 Å². The molecule has 2 rings (SSSR count). The number of piperidine rings is 1. The van der Waals surface area contributed by atoms with Gasteiger partial charge in [0.15, 0.2) is 0 Å². The summed E-state index contributed by atoms with van der Waals surface area (Å²) in [7, 11) is 0. The highest BCUT2D eigenvalue weighted by Gasteiger charge is 2.27. The SMILES string of the molecule is Cc1cnc(OCCC[C@H]2CCCN(C(=O)OC(C)(C)C)C2)nc1Cl. The van der Waals surface area contributed by atoms with Gasteiger partial charge < -0.3 is 14.4 Å². The van der Waals surface area contributed by atoms with Gasteiger partial charge in [0.2, 0.25) is 0 Å². The molecule has 1 aromatic heterocycles. The molecular formula is C18H28ClN3O3. The molecule has 140 valence electrons. The zero-order valence-electron chi connectivity index (χ0n) is 15.5. The third kappa shape index (κ3) is 6.69. The van der Waals surface area contributed by atoms with Gasteiger partial charge in [0, 0.05) is 24.8 Å². The Kier molecular flexibility index (Phi) is 6.87. The van der Waals surface area contributed by atoms with Gasteiger partial charge in [-0.1, -0.05) is 11.6 Å². The molecule has 0 bridgehead atoms. The zero-order valence-corrected chi connectivity index (χ0v) is 16.3. The number of aromatic nitrogens is 2. The molecule has 1 saturated heterocycles. The lowest BCUT2D eigenvalue weighted by Gasteiger charge is -2.34. The molecule has 1 amide bonds. The normalized spacial score (nSPS) is 18.1. The maximum absolute atomic E-state index is 12.2. The van der Waals surface area contributed by atoms with Gasteiger partial charge in [-0.3, -0.25) is 0 Å². The Hall–Kier alpha value is -1.56. The number of carbonyl (C=O) groups is 1. The van der Waals surface area contributed by atoms with E-state index in [4.69, 9.17) is 21.1 Å². The van der Waals surface area contributed by atoms with Crippen LogP contribution in [0.5, 0.6) is 6.01 Å². The van der Waals surface area contributed by atoms with E-state index >= 15 is 0 Å². The predicted molar refractivity (Wildman–Crippen MR) is 97.0 cm³/mol. The lowest BCUT2D eigenvalue weighted by atomic mass is 9.94. The minimum Gasteiger partial charge on any atom is -0.463 e. The van der Waals surface area contributed by atoms with E-state index in [0.717, 1.165) is 44.3 Å². The Labute approximate surface area is 154 Å². The summed E-state index contributed by atoms with van der Waals surface area (Å²) >= 11 is 5.96. The third-order valence-corrected chi connectivity index (χ3v) is 4.43. The summed E-state index contributed by atoms with van der Waals surface area (Å²) in [5, 5.41) is 0.422. The summed E-state index contributed by atoms with van der Waals surface area (Å²) in [5.74, 6) is 0.479. The molecule has 0 radical (unpaired) electrons. The highest BCUT2D eigenvalue weighted by molar-refractivity contribution is 6.30. The van der Waals surface area contributed by atoms with Crippen LogP contribution in [0.4, 0.5) is 4.79 Å². The maximum atomic E-state index is 12.2. The zero-order chi connectivity index (χ0) is 18.4. The largest absolute Gasteiger partial charge is 0.463 e. The summed E-state index contributed by atoms with van der Waals surface area (Å²) < 4.78 is 11.0. The van der Waals surface area contributed by atoms with Gasteiger partial charge in [0.1, 0.15) is 10.8 Å². The lowest BCUT2D eigenvalue weighted by Crippen LogP contribution is -2.42. The topological polar surface area (TPSA) is 64.5 Å². The molecule has 1 aliphatic rings. The maximum Gasteiger partial charge on any atom is 0.410 e. The van der Waals surface area contributed by atoms with E-state index in [1.54, 1.807) is 6.20 Å². The second-order valence-corrected chi connectivity index (χ2v) is 7.91. The number of aryl methyl sites for hydroxylation is 1. The van der Waals surface area contributed by atoms with Gasteiger partial charge in [0.05, 0.1) is 6.61 Å². The Morgan fingerprint density at radius 1 is 1.44 bits per heavy atom. The molecule has 25 heavy (non-hydrogen) atoms. The molecule has 1 aliphatic heterocycles. The number of nitrogens with zero attached hydrogens (tertiary/aromatic N) is 3. The van der Waals surface area contributed by atoms with Crippen LogP contribution in [-0.2, 0) is 4.74 Å². The fraction of sp³-hybridized carbons (Fsp3) is 0.722. The fourth-order valence-corrected chi connectivity index (χ4v) is 2.93. The Balaban J connectivity index is 1.71. The van der Waals surface area contributed by atoms with Crippen molar-refractivity contribution in [3.05, 3.63) is 16.9 Å². The molecule has 0 unspecified atom stereocenters. The van der Waals surface area contributed by atoms with E-state index in [0.29, 0.717) is 23.7 Å². The number of halogens is 1. The highest BCUT2D eigenvalue weighted by Crippen LogP contribution is 2.23. The van der Waals surface area contributed by atoms with Crippen LogP contribution in [0.1, 0.15) is 52.0 Å². The molecule has 2 heterocycles. The van der Waals surface area contributed by atoms with Gasteiger partial charge in [-0.2, -0.15) is 4.98 Å². The minimum atomic E-state index is -0.451. The molecule has 7 heteroatoms. The highest BCUT2D eigenvalue weighted by atomic mass is 35.5. The van der Waals surface area contributed by atoms with Crippen LogP contribution in [0.25, 0.3) is 0 Å². The molecule has 0 aromatic carbocycles. The number of hydrogen-bond donors (Lipinski definition) is 0. The molecule has 1 aromatic rings. The summed E-state index contributed by atoms with van der Waals surface area (Å²) in [5.41, 5.74) is 0.381.